The molecule has 2 N–H and O–H groups in total. The molecular weight excluding hydrogens is 386 g/mol. The molecule has 1 saturated heterocycles. The van der Waals surface area contributed by atoms with Crippen molar-refractivity contribution in [3.8, 4) is 11.3 Å². The lowest BCUT2D eigenvalue weighted by Crippen LogP contribution is -2.47. The molecule has 1 fully saturated rings. The SMILES string of the molecule is CC(C)(C)OC(=O)N1CCC(NC(=O)c2cc(-c3ccc4[nH]ncc4c3)on2)CC1. The first kappa shape index (κ1) is 19.9. The molecule has 9 nitrogen and oxygen atoms in total. The third kappa shape index (κ3) is 4.45. The molecule has 0 aliphatic carbocycles. The van der Waals surface area contributed by atoms with Gasteiger partial charge in [0.1, 0.15) is 5.60 Å². The summed E-state index contributed by atoms with van der Waals surface area (Å²) in [5.74, 6) is 0.230. The Morgan fingerprint density at radius 2 is 2.00 bits per heavy atom. The summed E-state index contributed by atoms with van der Waals surface area (Å²) >= 11 is 0. The van der Waals surface area contributed by atoms with Crippen LogP contribution in [0.5, 0.6) is 0 Å². The van der Waals surface area contributed by atoms with E-state index >= 15 is 0 Å². The van der Waals surface area contributed by atoms with Gasteiger partial charge >= 0.3 is 6.09 Å². The maximum atomic E-state index is 12.6. The Labute approximate surface area is 173 Å². The highest BCUT2D eigenvalue weighted by molar-refractivity contribution is 5.93. The zero-order valence-electron chi connectivity index (χ0n) is 17.3. The van der Waals surface area contributed by atoms with Crippen molar-refractivity contribution in [1.82, 2.24) is 25.6 Å². The fraction of sp³-hybridized carbons (Fsp3) is 0.429. The number of likely N-dealkylation sites (tertiary alicyclic amines) is 1. The normalized spacial score (nSPS) is 15.4. The van der Waals surface area contributed by atoms with E-state index in [0.717, 1.165) is 16.5 Å². The van der Waals surface area contributed by atoms with Crippen LogP contribution in [0.15, 0.2) is 35.0 Å². The van der Waals surface area contributed by atoms with Gasteiger partial charge in [-0.2, -0.15) is 5.10 Å². The van der Waals surface area contributed by atoms with Crippen molar-refractivity contribution < 1.29 is 18.8 Å². The number of rotatable bonds is 3. The average Bonchev–Trinajstić information content (AvgIpc) is 3.36. The quantitative estimate of drug-likeness (QED) is 0.683. The first-order chi connectivity index (χ1) is 14.3. The summed E-state index contributed by atoms with van der Waals surface area (Å²) in [6, 6.07) is 7.31. The Morgan fingerprint density at radius 3 is 2.73 bits per heavy atom. The number of nitrogens with zero attached hydrogens (tertiary/aromatic N) is 3. The minimum Gasteiger partial charge on any atom is -0.444 e. The second-order valence-corrected chi connectivity index (χ2v) is 8.46. The molecule has 3 heterocycles. The molecule has 0 spiro atoms. The molecule has 0 unspecified atom stereocenters. The van der Waals surface area contributed by atoms with E-state index in [1.165, 1.54) is 0 Å². The summed E-state index contributed by atoms with van der Waals surface area (Å²) in [4.78, 5) is 26.4. The monoisotopic (exact) mass is 411 g/mol. The van der Waals surface area contributed by atoms with Crippen LogP contribution in [0.1, 0.15) is 44.1 Å². The number of nitrogens with one attached hydrogen (secondary N) is 2. The van der Waals surface area contributed by atoms with E-state index in [9.17, 15) is 9.59 Å². The predicted molar refractivity (Wildman–Crippen MR) is 110 cm³/mol. The number of piperidine rings is 1. The third-order valence-corrected chi connectivity index (χ3v) is 4.95. The van der Waals surface area contributed by atoms with Crippen LogP contribution in [0.2, 0.25) is 0 Å². The van der Waals surface area contributed by atoms with Gasteiger partial charge in [0.2, 0.25) is 0 Å². The fourth-order valence-electron chi connectivity index (χ4n) is 3.41. The second kappa shape index (κ2) is 7.81. The number of amides is 2. The van der Waals surface area contributed by atoms with Gasteiger partial charge in [-0.1, -0.05) is 5.16 Å². The Bertz CT molecular complexity index is 1060. The fourth-order valence-corrected chi connectivity index (χ4v) is 3.41. The average molecular weight is 411 g/mol. The van der Waals surface area contributed by atoms with Crippen LogP contribution in [0.25, 0.3) is 22.2 Å². The molecule has 2 amide bonds. The van der Waals surface area contributed by atoms with Gasteiger partial charge in [-0.3, -0.25) is 9.89 Å². The van der Waals surface area contributed by atoms with Gasteiger partial charge in [-0.25, -0.2) is 4.79 Å². The molecule has 1 aliphatic heterocycles. The third-order valence-electron chi connectivity index (χ3n) is 4.95. The van der Waals surface area contributed by atoms with E-state index in [1.807, 2.05) is 39.0 Å². The smallest absolute Gasteiger partial charge is 0.410 e. The molecule has 4 rings (SSSR count). The molecule has 0 radical (unpaired) electrons. The number of benzene rings is 1. The predicted octanol–water partition coefficient (Wildman–Crippen LogP) is 3.35. The maximum absolute atomic E-state index is 12.6. The summed E-state index contributed by atoms with van der Waals surface area (Å²) in [6.07, 6.45) is 2.73. The minimum atomic E-state index is -0.519. The van der Waals surface area contributed by atoms with Crippen molar-refractivity contribution in [3.05, 3.63) is 36.2 Å². The van der Waals surface area contributed by atoms with E-state index in [2.05, 4.69) is 20.7 Å². The summed E-state index contributed by atoms with van der Waals surface area (Å²) < 4.78 is 10.8. The van der Waals surface area contributed by atoms with Gasteiger partial charge in [0, 0.05) is 36.1 Å². The van der Waals surface area contributed by atoms with Crippen LogP contribution in [0.4, 0.5) is 4.79 Å². The zero-order chi connectivity index (χ0) is 21.3. The molecule has 9 heteroatoms. The number of hydrogen-bond donors (Lipinski definition) is 2. The van der Waals surface area contributed by atoms with Crippen LogP contribution in [0, 0.1) is 0 Å². The lowest BCUT2D eigenvalue weighted by molar-refractivity contribution is 0.0199. The Morgan fingerprint density at radius 1 is 1.23 bits per heavy atom. The van der Waals surface area contributed by atoms with Crippen molar-refractivity contribution in [2.75, 3.05) is 13.1 Å². The molecule has 0 saturated carbocycles. The Balaban J connectivity index is 1.33. The first-order valence-electron chi connectivity index (χ1n) is 9.97. The van der Waals surface area contributed by atoms with Crippen LogP contribution in [-0.2, 0) is 4.74 Å². The maximum Gasteiger partial charge on any atom is 0.410 e. The second-order valence-electron chi connectivity index (χ2n) is 8.46. The van der Waals surface area contributed by atoms with Crippen LogP contribution in [0.3, 0.4) is 0 Å². The number of ether oxygens (including phenoxy) is 1. The van der Waals surface area contributed by atoms with Crippen molar-refractivity contribution in [3.63, 3.8) is 0 Å². The molecular formula is C21H25N5O4. The molecule has 1 aliphatic rings. The zero-order valence-corrected chi connectivity index (χ0v) is 17.3. The highest BCUT2D eigenvalue weighted by atomic mass is 16.6. The number of aromatic nitrogens is 3. The lowest BCUT2D eigenvalue weighted by Gasteiger charge is -2.33. The van der Waals surface area contributed by atoms with Crippen molar-refractivity contribution in [2.45, 2.75) is 45.3 Å². The highest BCUT2D eigenvalue weighted by Gasteiger charge is 2.28. The minimum absolute atomic E-state index is 0.0291. The number of carbonyl (C=O) groups is 2. The number of hydrogen-bond acceptors (Lipinski definition) is 6. The summed E-state index contributed by atoms with van der Waals surface area (Å²) in [5.41, 5.74) is 1.46. The largest absolute Gasteiger partial charge is 0.444 e. The molecule has 3 aromatic rings. The molecule has 30 heavy (non-hydrogen) atoms. The number of aromatic amines is 1. The number of H-pyrrole nitrogens is 1. The molecule has 0 atom stereocenters. The molecule has 1 aromatic carbocycles. The van der Waals surface area contributed by atoms with E-state index in [0.29, 0.717) is 31.7 Å². The molecule has 0 bridgehead atoms. The van der Waals surface area contributed by atoms with Crippen molar-refractivity contribution >= 4 is 22.9 Å². The van der Waals surface area contributed by atoms with Gasteiger partial charge in [-0.15, -0.1) is 0 Å². The summed E-state index contributed by atoms with van der Waals surface area (Å²) in [5, 5.41) is 14.7. The Hall–Kier alpha value is -3.36. The van der Waals surface area contributed by atoms with Gasteiger partial charge in [0.15, 0.2) is 11.5 Å². The van der Waals surface area contributed by atoms with E-state index in [1.54, 1.807) is 17.2 Å². The van der Waals surface area contributed by atoms with Gasteiger partial charge in [0.25, 0.3) is 5.91 Å². The van der Waals surface area contributed by atoms with Gasteiger partial charge in [0.05, 0.1) is 11.7 Å². The van der Waals surface area contributed by atoms with Crippen molar-refractivity contribution in [1.29, 1.82) is 0 Å². The van der Waals surface area contributed by atoms with E-state index < -0.39 is 5.60 Å². The van der Waals surface area contributed by atoms with Gasteiger partial charge < -0.3 is 19.5 Å². The van der Waals surface area contributed by atoms with E-state index in [-0.39, 0.29) is 23.7 Å². The van der Waals surface area contributed by atoms with Crippen LogP contribution in [-0.4, -0.2) is 57.0 Å². The highest BCUT2D eigenvalue weighted by Crippen LogP contribution is 2.24. The summed E-state index contributed by atoms with van der Waals surface area (Å²) in [7, 11) is 0. The van der Waals surface area contributed by atoms with Crippen LogP contribution < -0.4 is 5.32 Å². The number of fused-ring (bicyclic) bond motifs is 1. The molecule has 158 valence electrons. The topological polar surface area (TPSA) is 113 Å². The standard InChI is InChI=1S/C21H25N5O4/c1-21(2,3)29-20(28)26-8-6-15(7-9-26)23-19(27)17-11-18(30-25-17)13-4-5-16-14(10-13)12-22-24-16/h4-5,10-12,15H,6-9H2,1-3H3,(H,22,24)(H,23,27). The van der Waals surface area contributed by atoms with Gasteiger partial charge in [-0.05, 0) is 51.8 Å². The number of carbonyl (C=O) groups excluding carboxylic acids is 2. The summed E-state index contributed by atoms with van der Waals surface area (Å²) in [6.45, 7) is 6.61. The van der Waals surface area contributed by atoms with E-state index in [4.69, 9.17) is 9.26 Å². The molecule has 2 aromatic heterocycles. The van der Waals surface area contributed by atoms with Crippen molar-refractivity contribution in [2.24, 2.45) is 0 Å². The van der Waals surface area contributed by atoms with Crippen LogP contribution >= 0.6 is 0 Å². The Kier molecular flexibility index (Phi) is 5.19. The first-order valence-corrected chi connectivity index (χ1v) is 9.97. The lowest BCUT2D eigenvalue weighted by atomic mass is 10.1.